The van der Waals surface area contributed by atoms with Crippen molar-refractivity contribution in [1.29, 1.82) is 0 Å². The van der Waals surface area contributed by atoms with Gasteiger partial charge in [-0.2, -0.15) is 0 Å². The summed E-state index contributed by atoms with van der Waals surface area (Å²) < 4.78 is 23.1. The first-order chi connectivity index (χ1) is 13.5. The van der Waals surface area contributed by atoms with E-state index in [1.54, 1.807) is 6.08 Å². The normalized spacial score (nSPS) is 33.2. The second-order valence-electron chi connectivity index (χ2n) is 7.84. The molecule has 0 aliphatic carbocycles. The second kappa shape index (κ2) is 9.39. The standard InChI is InChI=1S/C23H30O5/c1-5-19-22-20(27-23(24)26-19)12-15(2)11-16(3)21(28-22)17(4)13-25-14-18-9-7-6-8-10-18/h5-11,16-17,19-22H,1,12-14H2,2-4H3/b15-11-/t16-,17-,19?,20-,21+,22-/m1/s1. The first-order valence-corrected chi connectivity index (χ1v) is 9.92. The first-order valence-electron chi connectivity index (χ1n) is 9.92. The van der Waals surface area contributed by atoms with Crippen LogP contribution in [0.1, 0.15) is 32.8 Å². The van der Waals surface area contributed by atoms with Gasteiger partial charge < -0.3 is 18.9 Å². The Bertz CT molecular complexity index is 698. The molecule has 0 bridgehead atoms. The molecule has 1 unspecified atom stereocenters. The zero-order chi connectivity index (χ0) is 20.1. The van der Waals surface area contributed by atoms with Crippen LogP contribution >= 0.6 is 0 Å². The fraction of sp³-hybridized carbons (Fsp3) is 0.522. The number of fused-ring (bicyclic) bond motifs is 1. The lowest BCUT2D eigenvalue weighted by Gasteiger charge is -2.41. The molecule has 0 radical (unpaired) electrons. The summed E-state index contributed by atoms with van der Waals surface area (Å²) in [6, 6.07) is 10.1. The van der Waals surface area contributed by atoms with E-state index in [4.69, 9.17) is 18.9 Å². The van der Waals surface area contributed by atoms with E-state index in [1.807, 2.05) is 18.2 Å². The molecule has 0 N–H and O–H groups in total. The highest BCUT2D eigenvalue weighted by atomic mass is 16.8. The summed E-state index contributed by atoms with van der Waals surface area (Å²) in [7, 11) is 0. The molecule has 1 fully saturated rings. The Kier molecular flexibility index (Phi) is 6.92. The van der Waals surface area contributed by atoms with Crippen LogP contribution in [0.2, 0.25) is 0 Å². The number of hydrogen-bond acceptors (Lipinski definition) is 5. The first kappa shape index (κ1) is 20.6. The number of cyclic esters (lactones) is 1. The highest BCUT2D eigenvalue weighted by Crippen LogP contribution is 2.33. The van der Waals surface area contributed by atoms with Crippen molar-refractivity contribution in [1.82, 2.24) is 0 Å². The molecule has 152 valence electrons. The van der Waals surface area contributed by atoms with Gasteiger partial charge in [0.15, 0.2) is 6.10 Å². The quantitative estimate of drug-likeness (QED) is 0.525. The van der Waals surface area contributed by atoms with Crippen LogP contribution in [0.5, 0.6) is 0 Å². The number of carbonyl (C=O) groups is 1. The molecule has 1 aromatic carbocycles. The second-order valence-corrected chi connectivity index (χ2v) is 7.84. The molecular formula is C23H30O5. The molecule has 5 heteroatoms. The third kappa shape index (κ3) is 5.03. The van der Waals surface area contributed by atoms with Crippen molar-refractivity contribution >= 4 is 6.16 Å². The van der Waals surface area contributed by atoms with Crippen LogP contribution in [0.15, 0.2) is 54.6 Å². The SMILES string of the molecule is C=CC1OC(=O)O[C@@H]2C/C(C)=C\[C@@H](C)[C@@H]([C@H](C)COCc3ccccc3)O[C@H]12. The van der Waals surface area contributed by atoms with Gasteiger partial charge in [0.1, 0.15) is 12.2 Å². The number of hydrogen-bond donors (Lipinski definition) is 0. The number of benzene rings is 1. The fourth-order valence-corrected chi connectivity index (χ4v) is 4.03. The van der Waals surface area contributed by atoms with E-state index in [1.165, 1.54) is 5.57 Å². The summed E-state index contributed by atoms with van der Waals surface area (Å²) in [6.45, 7) is 11.3. The van der Waals surface area contributed by atoms with E-state index in [0.29, 0.717) is 19.6 Å². The van der Waals surface area contributed by atoms with Crippen molar-refractivity contribution in [2.45, 2.75) is 58.2 Å². The third-order valence-corrected chi connectivity index (χ3v) is 5.36. The van der Waals surface area contributed by atoms with E-state index in [2.05, 4.69) is 45.6 Å². The van der Waals surface area contributed by atoms with Gasteiger partial charge in [-0.3, -0.25) is 0 Å². The Labute approximate surface area is 167 Å². The van der Waals surface area contributed by atoms with Crippen LogP contribution in [0, 0.1) is 11.8 Å². The van der Waals surface area contributed by atoms with E-state index >= 15 is 0 Å². The summed E-state index contributed by atoms with van der Waals surface area (Å²) >= 11 is 0. The van der Waals surface area contributed by atoms with Crippen LogP contribution in [0.4, 0.5) is 4.79 Å². The summed E-state index contributed by atoms with van der Waals surface area (Å²) in [6.07, 6.45) is 2.48. The molecule has 2 heterocycles. The predicted molar refractivity (Wildman–Crippen MR) is 107 cm³/mol. The molecular weight excluding hydrogens is 356 g/mol. The zero-order valence-corrected chi connectivity index (χ0v) is 16.9. The molecule has 2 aliphatic heterocycles. The largest absolute Gasteiger partial charge is 0.509 e. The van der Waals surface area contributed by atoms with Crippen LogP contribution in [0.25, 0.3) is 0 Å². The molecule has 1 aromatic rings. The van der Waals surface area contributed by atoms with E-state index in [-0.39, 0.29) is 30.1 Å². The van der Waals surface area contributed by atoms with Gasteiger partial charge in [0.25, 0.3) is 0 Å². The molecule has 2 aliphatic rings. The van der Waals surface area contributed by atoms with Crippen molar-refractivity contribution < 1.29 is 23.7 Å². The van der Waals surface area contributed by atoms with Gasteiger partial charge in [0.05, 0.1) is 19.3 Å². The average Bonchev–Trinajstić information content (AvgIpc) is 2.66. The Hall–Kier alpha value is -2.11. The maximum atomic E-state index is 11.8. The Morgan fingerprint density at radius 3 is 2.75 bits per heavy atom. The summed E-state index contributed by atoms with van der Waals surface area (Å²) in [4.78, 5) is 11.8. The van der Waals surface area contributed by atoms with E-state index < -0.39 is 12.3 Å². The Balaban J connectivity index is 1.69. The van der Waals surface area contributed by atoms with E-state index in [0.717, 1.165) is 5.56 Å². The molecule has 5 nitrogen and oxygen atoms in total. The molecule has 0 saturated carbocycles. The monoisotopic (exact) mass is 386 g/mol. The summed E-state index contributed by atoms with van der Waals surface area (Å²) in [5.74, 6) is 0.365. The summed E-state index contributed by atoms with van der Waals surface area (Å²) in [5, 5.41) is 0. The Morgan fingerprint density at radius 1 is 1.29 bits per heavy atom. The predicted octanol–water partition coefficient (Wildman–Crippen LogP) is 4.67. The van der Waals surface area contributed by atoms with Crippen LogP contribution < -0.4 is 0 Å². The number of ether oxygens (including phenoxy) is 4. The van der Waals surface area contributed by atoms with Gasteiger partial charge in [-0.1, -0.05) is 62.4 Å². The molecule has 3 rings (SSSR count). The van der Waals surface area contributed by atoms with Gasteiger partial charge in [-0.05, 0) is 18.6 Å². The maximum absolute atomic E-state index is 11.8. The van der Waals surface area contributed by atoms with Gasteiger partial charge in [0, 0.05) is 18.3 Å². The van der Waals surface area contributed by atoms with Gasteiger partial charge in [0.2, 0.25) is 0 Å². The summed E-state index contributed by atoms with van der Waals surface area (Å²) in [5.41, 5.74) is 2.34. The topological polar surface area (TPSA) is 54.0 Å². The van der Waals surface area contributed by atoms with Gasteiger partial charge >= 0.3 is 6.16 Å². The lowest BCUT2D eigenvalue weighted by Crippen LogP contribution is -2.52. The molecule has 6 atom stereocenters. The van der Waals surface area contributed by atoms with Gasteiger partial charge in [-0.25, -0.2) is 4.79 Å². The van der Waals surface area contributed by atoms with Crippen molar-refractivity contribution in [3.05, 3.63) is 60.2 Å². The van der Waals surface area contributed by atoms with Crippen LogP contribution in [-0.2, 0) is 25.6 Å². The van der Waals surface area contributed by atoms with Crippen molar-refractivity contribution in [2.75, 3.05) is 6.61 Å². The minimum absolute atomic E-state index is 0.0821. The zero-order valence-electron chi connectivity index (χ0n) is 16.9. The van der Waals surface area contributed by atoms with Crippen molar-refractivity contribution in [2.24, 2.45) is 11.8 Å². The van der Waals surface area contributed by atoms with Gasteiger partial charge in [-0.15, -0.1) is 0 Å². The molecule has 1 saturated heterocycles. The number of rotatable bonds is 6. The Morgan fingerprint density at radius 2 is 2.04 bits per heavy atom. The maximum Gasteiger partial charge on any atom is 0.509 e. The lowest BCUT2D eigenvalue weighted by molar-refractivity contribution is -0.184. The fourth-order valence-electron chi connectivity index (χ4n) is 4.03. The molecule has 28 heavy (non-hydrogen) atoms. The highest BCUT2D eigenvalue weighted by Gasteiger charge is 2.43. The smallest absolute Gasteiger partial charge is 0.428 e. The molecule has 0 spiro atoms. The minimum atomic E-state index is -0.660. The minimum Gasteiger partial charge on any atom is -0.428 e. The average molecular weight is 386 g/mol. The third-order valence-electron chi connectivity index (χ3n) is 5.36. The highest BCUT2D eigenvalue weighted by molar-refractivity contribution is 5.62. The van der Waals surface area contributed by atoms with E-state index in [9.17, 15) is 4.79 Å². The van der Waals surface area contributed by atoms with Crippen molar-refractivity contribution in [3.8, 4) is 0 Å². The lowest BCUT2D eigenvalue weighted by atomic mass is 9.87. The van der Waals surface area contributed by atoms with Crippen LogP contribution in [-0.4, -0.2) is 37.2 Å². The number of carbonyl (C=O) groups excluding carboxylic acids is 1. The molecule has 0 amide bonds. The van der Waals surface area contributed by atoms with Crippen molar-refractivity contribution in [3.63, 3.8) is 0 Å². The van der Waals surface area contributed by atoms with Crippen LogP contribution in [0.3, 0.4) is 0 Å². The molecule has 0 aromatic heterocycles.